The van der Waals surface area contributed by atoms with Crippen LogP contribution in [0.1, 0.15) is 89.5 Å². The zero-order chi connectivity index (χ0) is 20.4. The van der Waals surface area contributed by atoms with Gasteiger partial charge in [-0.15, -0.1) is 0 Å². The number of hydrogen-bond donors (Lipinski definition) is 1. The summed E-state index contributed by atoms with van der Waals surface area (Å²) < 4.78 is 1.95. The van der Waals surface area contributed by atoms with E-state index in [2.05, 4.69) is 30.2 Å². The first kappa shape index (κ1) is 20.6. The molecular formula is C27H39NSSe. The van der Waals surface area contributed by atoms with Crippen LogP contribution >= 0.6 is 12.6 Å². The molecule has 1 nitrogen and oxygen atoms in total. The third-order valence-electron chi connectivity index (χ3n) is 10.6. The minimum absolute atomic E-state index is 0.410. The molecule has 8 unspecified atom stereocenters. The maximum absolute atomic E-state index is 5.56. The molecule has 164 valence electrons. The van der Waals surface area contributed by atoms with Crippen LogP contribution in [0, 0.1) is 29.6 Å². The van der Waals surface area contributed by atoms with E-state index < -0.39 is 0 Å². The van der Waals surface area contributed by atoms with E-state index in [4.69, 9.17) is 12.6 Å². The van der Waals surface area contributed by atoms with E-state index >= 15 is 0 Å². The molecule has 1 aromatic rings. The third kappa shape index (κ3) is 2.76. The van der Waals surface area contributed by atoms with Crippen molar-refractivity contribution in [3.63, 3.8) is 0 Å². The van der Waals surface area contributed by atoms with E-state index in [1.165, 1.54) is 69.8 Å². The Labute approximate surface area is 195 Å². The fraction of sp³-hybridized carbons (Fsp3) is 0.815. The molecule has 0 aromatic carbocycles. The van der Waals surface area contributed by atoms with Crippen molar-refractivity contribution < 1.29 is 0 Å². The number of thiol groups is 1. The van der Waals surface area contributed by atoms with Gasteiger partial charge >= 0.3 is 196 Å². The van der Waals surface area contributed by atoms with Crippen LogP contribution < -0.4 is 0 Å². The Kier molecular flexibility index (Phi) is 5.17. The molecule has 0 amide bonds. The summed E-state index contributed by atoms with van der Waals surface area (Å²) in [5, 5.41) is 0. The summed E-state index contributed by atoms with van der Waals surface area (Å²) in [6, 6.07) is 4.38. The zero-order valence-corrected chi connectivity index (χ0v) is 21.3. The van der Waals surface area contributed by atoms with Crippen LogP contribution in [0.25, 0.3) is 0 Å². The van der Waals surface area contributed by atoms with Gasteiger partial charge in [0, 0.05) is 0 Å². The van der Waals surface area contributed by atoms with Crippen molar-refractivity contribution in [2.24, 2.45) is 29.6 Å². The summed E-state index contributed by atoms with van der Waals surface area (Å²) in [6.07, 6.45) is 23.1. The van der Waals surface area contributed by atoms with E-state index in [-0.39, 0.29) is 0 Å². The molecule has 8 atom stereocenters. The van der Waals surface area contributed by atoms with Crippen molar-refractivity contribution in [1.82, 2.24) is 4.98 Å². The fourth-order valence-electron chi connectivity index (χ4n) is 9.40. The average molecular weight is 489 g/mol. The average Bonchev–Trinajstić information content (AvgIpc) is 3.09. The molecule has 1 spiro atoms. The second-order valence-electron chi connectivity index (χ2n) is 11.4. The van der Waals surface area contributed by atoms with Crippen molar-refractivity contribution in [2.45, 2.75) is 104 Å². The number of hydrogen-bond acceptors (Lipinski definition) is 2. The van der Waals surface area contributed by atoms with Crippen molar-refractivity contribution in [3.8, 4) is 0 Å². The van der Waals surface area contributed by atoms with E-state index in [1.54, 1.807) is 19.3 Å². The fourth-order valence-corrected chi connectivity index (χ4v) is 16.3. The predicted molar refractivity (Wildman–Crippen MR) is 129 cm³/mol. The van der Waals surface area contributed by atoms with Gasteiger partial charge in [0.15, 0.2) is 0 Å². The molecular weight excluding hydrogens is 449 g/mol. The molecule has 4 saturated carbocycles. The van der Waals surface area contributed by atoms with Crippen LogP contribution in [0.3, 0.4) is 0 Å². The summed E-state index contributed by atoms with van der Waals surface area (Å²) in [5.41, 5.74) is 1.44. The van der Waals surface area contributed by atoms with Gasteiger partial charge in [-0.25, -0.2) is 0 Å². The van der Waals surface area contributed by atoms with Crippen molar-refractivity contribution >= 4 is 27.6 Å². The Morgan fingerprint density at radius 1 is 1.07 bits per heavy atom. The Balaban J connectivity index is 1.21. The molecule has 6 rings (SSSR count). The topological polar surface area (TPSA) is 12.9 Å². The van der Waals surface area contributed by atoms with Gasteiger partial charge < -0.3 is 0 Å². The third-order valence-corrected chi connectivity index (χ3v) is 16.3. The number of aromatic nitrogens is 1. The van der Waals surface area contributed by atoms with Crippen LogP contribution in [0.15, 0.2) is 24.5 Å². The Bertz CT molecular complexity index is 784. The second kappa shape index (κ2) is 7.53. The van der Waals surface area contributed by atoms with Crippen molar-refractivity contribution in [1.29, 1.82) is 0 Å². The van der Waals surface area contributed by atoms with Gasteiger partial charge in [-0.1, -0.05) is 0 Å². The van der Waals surface area contributed by atoms with E-state index in [1.807, 2.05) is 6.20 Å². The molecule has 0 radical (unpaired) electrons. The van der Waals surface area contributed by atoms with E-state index in [0.717, 1.165) is 53.2 Å². The normalized spacial score (nSPS) is 47.5. The van der Waals surface area contributed by atoms with Gasteiger partial charge in [-0.2, -0.15) is 0 Å². The van der Waals surface area contributed by atoms with Gasteiger partial charge in [0.05, 0.1) is 0 Å². The molecule has 1 saturated heterocycles. The second-order valence-corrected chi connectivity index (χ2v) is 15.8. The van der Waals surface area contributed by atoms with Gasteiger partial charge in [-0.05, 0) is 0 Å². The molecule has 0 N–H and O–H groups in total. The van der Waals surface area contributed by atoms with Crippen LogP contribution in [-0.2, 0) is 6.42 Å². The summed E-state index contributed by atoms with van der Waals surface area (Å²) in [6.45, 7) is 2.47. The first-order valence-electron chi connectivity index (χ1n) is 12.9. The molecule has 1 aromatic heterocycles. The standard InChI is InChI=1S/C27H39NSSe/c1-2-20(9-8-19-6-5-17-28-18-19)22-10-11-24-26(22)16-13-23-25(29)14-4-3-7-21(25)12-15-27(23,24)30-26/h5-6,17-18,20-24,29H,2-4,7-16H2,1H3. The van der Waals surface area contributed by atoms with Crippen LogP contribution in [-0.4, -0.2) is 24.7 Å². The van der Waals surface area contributed by atoms with Gasteiger partial charge in [0.2, 0.25) is 0 Å². The SMILES string of the molecule is CCC(CCc1cccnc1)C1CCC2C13CCC1C4(S)CCCCC4CCC12[Se]3. The summed E-state index contributed by atoms with van der Waals surface area (Å²) in [7, 11) is 0. The Morgan fingerprint density at radius 2 is 1.97 bits per heavy atom. The summed E-state index contributed by atoms with van der Waals surface area (Å²) >= 11 is 6.43. The Morgan fingerprint density at radius 3 is 2.80 bits per heavy atom. The molecule has 5 aliphatic rings. The van der Waals surface area contributed by atoms with E-state index in [9.17, 15) is 0 Å². The number of fused-ring (bicyclic) bond motifs is 2. The monoisotopic (exact) mass is 489 g/mol. The molecule has 2 bridgehead atoms. The number of pyridine rings is 1. The minimum atomic E-state index is 0.410. The molecule has 2 heterocycles. The van der Waals surface area contributed by atoms with E-state index in [0.29, 0.717) is 4.75 Å². The molecule has 1 aliphatic heterocycles. The molecule has 30 heavy (non-hydrogen) atoms. The van der Waals surface area contributed by atoms with Crippen LogP contribution in [0.4, 0.5) is 0 Å². The first-order chi connectivity index (χ1) is 14.6. The number of aryl methyl sites for hydroxylation is 1. The van der Waals surface area contributed by atoms with Gasteiger partial charge in [0.1, 0.15) is 0 Å². The van der Waals surface area contributed by atoms with Gasteiger partial charge in [0.25, 0.3) is 0 Å². The summed E-state index contributed by atoms with van der Waals surface area (Å²) in [4.78, 5) is 4.35. The van der Waals surface area contributed by atoms with Crippen LogP contribution in [0.2, 0.25) is 8.63 Å². The summed E-state index contributed by atoms with van der Waals surface area (Å²) in [5.74, 6) is 4.94. The van der Waals surface area contributed by atoms with Crippen LogP contribution in [0.5, 0.6) is 0 Å². The maximum atomic E-state index is 5.56. The number of rotatable bonds is 5. The van der Waals surface area contributed by atoms with Crippen molar-refractivity contribution in [2.75, 3.05) is 0 Å². The zero-order valence-electron chi connectivity index (χ0n) is 18.7. The van der Waals surface area contributed by atoms with Crippen molar-refractivity contribution in [3.05, 3.63) is 30.1 Å². The molecule has 5 fully saturated rings. The predicted octanol–water partition coefficient (Wildman–Crippen LogP) is 7.16. The molecule has 4 aliphatic carbocycles. The molecule has 3 heteroatoms. The Hall–Kier alpha value is 0.0195. The number of nitrogens with zero attached hydrogens (tertiary/aromatic N) is 1. The van der Waals surface area contributed by atoms with Gasteiger partial charge in [-0.3, -0.25) is 0 Å². The first-order valence-corrected chi connectivity index (χ1v) is 15.1. The quantitative estimate of drug-likeness (QED) is 0.343.